The first-order valence-electron chi connectivity index (χ1n) is 5.09. The number of aromatic nitrogens is 2. The first-order chi connectivity index (χ1) is 6.72. The van der Waals surface area contributed by atoms with Crippen LogP contribution in [0.4, 0.5) is 0 Å². The summed E-state index contributed by atoms with van der Waals surface area (Å²) < 4.78 is 1.78. The van der Waals surface area contributed by atoms with Crippen LogP contribution in [0.25, 0.3) is 0 Å². The molecule has 0 saturated heterocycles. The molecule has 14 heavy (non-hydrogen) atoms. The molecule has 0 spiro atoms. The Balaban J connectivity index is 2.15. The van der Waals surface area contributed by atoms with Gasteiger partial charge in [-0.1, -0.05) is 13.3 Å². The van der Waals surface area contributed by atoms with Gasteiger partial charge in [0, 0.05) is 26.3 Å². The number of rotatable bonds is 6. The molecule has 0 saturated carbocycles. The van der Waals surface area contributed by atoms with Crippen molar-refractivity contribution in [2.24, 2.45) is 7.05 Å². The number of aryl methyl sites for hydroxylation is 1. The zero-order valence-electron chi connectivity index (χ0n) is 8.90. The molecule has 1 rings (SSSR count). The zero-order valence-corrected chi connectivity index (χ0v) is 8.90. The highest BCUT2D eigenvalue weighted by atomic mass is 16.3. The van der Waals surface area contributed by atoms with Crippen molar-refractivity contribution in [1.29, 1.82) is 0 Å². The average Bonchev–Trinajstić information content (AvgIpc) is 2.52. The minimum absolute atomic E-state index is 0.233. The monoisotopic (exact) mass is 197 g/mol. The molecule has 0 aromatic carbocycles. The van der Waals surface area contributed by atoms with E-state index in [2.05, 4.69) is 17.3 Å². The van der Waals surface area contributed by atoms with Gasteiger partial charge in [-0.25, -0.2) is 0 Å². The Morgan fingerprint density at radius 2 is 2.43 bits per heavy atom. The molecule has 0 fully saturated rings. The Bertz CT molecular complexity index is 260. The highest BCUT2D eigenvalue weighted by Gasteiger charge is 2.02. The molecule has 0 bridgehead atoms. The van der Waals surface area contributed by atoms with Gasteiger partial charge in [0.2, 0.25) is 0 Å². The summed E-state index contributed by atoms with van der Waals surface area (Å²) in [5.41, 5.74) is 1.01. The molecule has 1 unspecified atom stereocenters. The minimum Gasteiger partial charge on any atom is -0.392 e. The van der Waals surface area contributed by atoms with E-state index in [-0.39, 0.29) is 6.10 Å². The van der Waals surface area contributed by atoms with Gasteiger partial charge in [0.25, 0.3) is 0 Å². The molecule has 2 N–H and O–H groups in total. The number of nitrogens with one attached hydrogen (secondary N) is 1. The third-order valence-electron chi connectivity index (χ3n) is 2.08. The van der Waals surface area contributed by atoms with Crippen LogP contribution in [-0.2, 0) is 13.6 Å². The van der Waals surface area contributed by atoms with Crippen molar-refractivity contribution in [2.75, 3.05) is 6.54 Å². The lowest BCUT2D eigenvalue weighted by atomic mass is 10.2. The quantitative estimate of drug-likeness (QED) is 0.704. The summed E-state index contributed by atoms with van der Waals surface area (Å²) >= 11 is 0. The molecule has 0 aliphatic heterocycles. The van der Waals surface area contributed by atoms with Crippen molar-refractivity contribution in [1.82, 2.24) is 15.1 Å². The Hall–Kier alpha value is -0.870. The van der Waals surface area contributed by atoms with Crippen LogP contribution in [0.5, 0.6) is 0 Å². The first-order valence-corrected chi connectivity index (χ1v) is 5.09. The molecule has 4 nitrogen and oxygen atoms in total. The van der Waals surface area contributed by atoms with Crippen LogP contribution in [0, 0.1) is 0 Å². The summed E-state index contributed by atoms with van der Waals surface area (Å²) in [6.45, 7) is 3.44. The maximum absolute atomic E-state index is 9.44. The molecule has 1 atom stereocenters. The number of hydrogen-bond acceptors (Lipinski definition) is 3. The fraction of sp³-hybridized carbons (Fsp3) is 0.700. The van der Waals surface area contributed by atoms with Crippen LogP contribution in [0.2, 0.25) is 0 Å². The Labute approximate surface area is 84.9 Å². The predicted molar refractivity (Wildman–Crippen MR) is 55.8 cm³/mol. The summed E-state index contributed by atoms with van der Waals surface area (Å²) in [5, 5.41) is 16.8. The van der Waals surface area contributed by atoms with Gasteiger partial charge >= 0.3 is 0 Å². The van der Waals surface area contributed by atoms with Gasteiger partial charge in [-0.15, -0.1) is 0 Å². The van der Waals surface area contributed by atoms with Crippen molar-refractivity contribution in [3.63, 3.8) is 0 Å². The minimum atomic E-state index is -0.233. The second kappa shape index (κ2) is 5.78. The lowest BCUT2D eigenvalue weighted by Gasteiger charge is -2.09. The van der Waals surface area contributed by atoms with Gasteiger partial charge in [0.1, 0.15) is 0 Å². The van der Waals surface area contributed by atoms with Crippen molar-refractivity contribution in [3.05, 3.63) is 18.0 Å². The van der Waals surface area contributed by atoms with Crippen molar-refractivity contribution < 1.29 is 5.11 Å². The number of aliphatic hydroxyl groups excluding tert-OH is 1. The fourth-order valence-electron chi connectivity index (χ4n) is 1.36. The lowest BCUT2D eigenvalue weighted by molar-refractivity contribution is 0.160. The maximum Gasteiger partial charge on any atom is 0.0762 e. The highest BCUT2D eigenvalue weighted by molar-refractivity contribution is 4.97. The van der Waals surface area contributed by atoms with Gasteiger partial charge < -0.3 is 10.4 Å². The highest BCUT2D eigenvalue weighted by Crippen LogP contribution is 1.96. The van der Waals surface area contributed by atoms with E-state index in [1.165, 1.54) is 0 Å². The van der Waals surface area contributed by atoms with Crippen molar-refractivity contribution in [3.8, 4) is 0 Å². The Morgan fingerprint density at radius 3 is 3.00 bits per heavy atom. The molecule has 80 valence electrons. The normalized spacial score (nSPS) is 13.1. The molecular formula is C10H19N3O. The third-order valence-corrected chi connectivity index (χ3v) is 2.08. The molecule has 4 heteroatoms. The first kappa shape index (κ1) is 11.2. The second-order valence-corrected chi connectivity index (χ2v) is 3.55. The molecule has 0 aliphatic carbocycles. The Morgan fingerprint density at radius 1 is 1.64 bits per heavy atom. The van der Waals surface area contributed by atoms with E-state index in [9.17, 15) is 5.11 Å². The fourth-order valence-corrected chi connectivity index (χ4v) is 1.36. The van der Waals surface area contributed by atoms with E-state index in [0.717, 1.165) is 25.1 Å². The number of aliphatic hydroxyl groups is 1. The standard InChI is InChI=1S/C10H19N3O/c1-3-4-10(14)8-11-7-9-5-6-13(2)12-9/h5-6,10-11,14H,3-4,7-8H2,1-2H3. The van der Waals surface area contributed by atoms with Crippen molar-refractivity contribution >= 4 is 0 Å². The van der Waals surface area contributed by atoms with Crippen LogP contribution in [0.15, 0.2) is 12.3 Å². The van der Waals surface area contributed by atoms with E-state index in [1.807, 2.05) is 19.3 Å². The summed E-state index contributed by atoms with van der Waals surface area (Å²) in [7, 11) is 1.90. The van der Waals surface area contributed by atoms with Crippen LogP contribution in [0.3, 0.4) is 0 Å². The molecule has 0 aliphatic rings. The third kappa shape index (κ3) is 3.89. The largest absolute Gasteiger partial charge is 0.392 e. The van der Waals surface area contributed by atoms with Crippen LogP contribution in [0.1, 0.15) is 25.5 Å². The van der Waals surface area contributed by atoms with E-state index < -0.39 is 0 Å². The second-order valence-electron chi connectivity index (χ2n) is 3.55. The summed E-state index contributed by atoms with van der Waals surface area (Å²) in [4.78, 5) is 0. The maximum atomic E-state index is 9.44. The predicted octanol–water partition coefficient (Wildman–Crippen LogP) is 0.671. The topological polar surface area (TPSA) is 50.1 Å². The van der Waals surface area contributed by atoms with Gasteiger partial charge in [0.05, 0.1) is 11.8 Å². The van der Waals surface area contributed by atoms with E-state index in [4.69, 9.17) is 0 Å². The van der Waals surface area contributed by atoms with E-state index >= 15 is 0 Å². The van der Waals surface area contributed by atoms with Crippen LogP contribution < -0.4 is 5.32 Å². The average molecular weight is 197 g/mol. The molecule has 1 aromatic rings. The number of nitrogens with zero attached hydrogens (tertiary/aromatic N) is 2. The van der Waals surface area contributed by atoms with E-state index in [0.29, 0.717) is 6.54 Å². The summed E-state index contributed by atoms with van der Waals surface area (Å²) in [6, 6.07) is 1.97. The van der Waals surface area contributed by atoms with Gasteiger partial charge in [-0.2, -0.15) is 5.10 Å². The smallest absolute Gasteiger partial charge is 0.0762 e. The lowest BCUT2D eigenvalue weighted by Crippen LogP contribution is -2.26. The van der Waals surface area contributed by atoms with Gasteiger partial charge in [-0.3, -0.25) is 4.68 Å². The molecule has 1 aromatic heterocycles. The van der Waals surface area contributed by atoms with Gasteiger partial charge in [0.15, 0.2) is 0 Å². The van der Waals surface area contributed by atoms with E-state index in [1.54, 1.807) is 4.68 Å². The molecule has 0 radical (unpaired) electrons. The molecule has 1 heterocycles. The molecule has 0 amide bonds. The van der Waals surface area contributed by atoms with Gasteiger partial charge in [-0.05, 0) is 12.5 Å². The number of hydrogen-bond donors (Lipinski definition) is 2. The summed E-state index contributed by atoms with van der Waals surface area (Å²) in [5.74, 6) is 0. The zero-order chi connectivity index (χ0) is 10.4. The SMILES string of the molecule is CCCC(O)CNCc1ccn(C)n1. The van der Waals surface area contributed by atoms with Crippen molar-refractivity contribution in [2.45, 2.75) is 32.4 Å². The molecular weight excluding hydrogens is 178 g/mol. The van der Waals surface area contributed by atoms with Crippen LogP contribution >= 0.6 is 0 Å². The van der Waals surface area contributed by atoms with Crippen LogP contribution in [-0.4, -0.2) is 27.5 Å². The summed E-state index contributed by atoms with van der Waals surface area (Å²) in [6.07, 6.45) is 3.56. The Kier molecular flexibility index (Phi) is 4.62.